The number of rotatable bonds is 4. The summed E-state index contributed by atoms with van der Waals surface area (Å²) in [7, 11) is 0. The molecule has 1 radical (unpaired) electrons. The molecule has 2 aromatic carbocycles. The van der Waals surface area contributed by atoms with Crippen molar-refractivity contribution in [1.29, 1.82) is 0 Å². The summed E-state index contributed by atoms with van der Waals surface area (Å²) in [5.74, 6) is 0.596. The standard InChI is InChI=1S/C30H42N2O2.Co.HNO3/c1-19-13-23(29(3,4)5)15-21(27(19)33)17-31-25-11-9-10-12-26(25)32-18-22-16-24(30(6,7)8)14-20(2)28(22)34;;2-1(3)4/h13-18,25-26,33-34H,9-12H2,1-8H3;;(H,2,3,4)/t25-,26-;;/m0../s1. The molecule has 0 unspecified atom stereocenters. The molecule has 0 aromatic heterocycles. The first kappa shape index (κ1) is 34.1. The Morgan fingerprint density at radius 2 is 1.10 bits per heavy atom. The minimum Gasteiger partial charge on any atom is -0.507 e. The van der Waals surface area contributed by atoms with Crippen molar-refractivity contribution in [3.05, 3.63) is 67.8 Å². The number of nitrogens with zero attached hydrogens (tertiary/aromatic N) is 3. The molecule has 1 aliphatic carbocycles. The van der Waals surface area contributed by atoms with Gasteiger partial charge in [0, 0.05) is 40.3 Å². The van der Waals surface area contributed by atoms with E-state index in [0.29, 0.717) is 11.5 Å². The van der Waals surface area contributed by atoms with Gasteiger partial charge in [0.2, 0.25) is 0 Å². The molecule has 2 atom stereocenters. The molecule has 39 heavy (non-hydrogen) atoms. The summed E-state index contributed by atoms with van der Waals surface area (Å²) in [5, 5.41) is 34.9. The van der Waals surface area contributed by atoms with Crippen molar-refractivity contribution >= 4 is 12.4 Å². The fraction of sp³-hybridized carbons (Fsp3) is 0.533. The van der Waals surface area contributed by atoms with Crippen LogP contribution in [0.4, 0.5) is 0 Å². The third kappa shape index (κ3) is 9.96. The summed E-state index contributed by atoms with van der Waals surface area (Å²) in [6.07, 6.45) is 7.88. The van der Waals surface area contributed by atoms with Gasteiger partial charge in [0.05, 0.1) is 12.1 Å². The maximum absolute atomic E-state index is 10.6. The van der Waals surface area contributed by atoms with Crippen molar-refractivity contribution in [3.63, 3.8) is 0 Å². The molecule has 8 nitrogen and oxygen atoms in total. The average molecular weight is 585 g/mol. The van der Waals surface area contributed by atoms with Crippen LogP contribution in [0.5, 0.6) is 11.5 Å². The van der Waals surface area contributed by atoms with Gasteiger partial charge >= 0.3 is 0 Å². The number of aliphatic imine (C=N–C) groups is 2. The fourth-order valence-electron chi connectivity index (χ4n) is 4.47. The van der Waals surface area contributed by atoms with E-state index in [1.165, 1.54) is 11.1 Å². The van der Waals surface area contributed by atoms with Crippen LogP contribution < -0.4 is 0 Å². The van der Waals surface area contributed by atoms with Gasteiger partial charge in [-0.25, -0.2) is 0 Å². The molecule has 9 heteroatoms. The summed E-state index contributed by atoms with van der Waals surface area (Å²) < 4.78 is 0. The van der Waals surface area contributed by atoms with E-state index in [4.69, 9.17) is 25.3 Å². The molecule has 1 fully saturated rings. The van der Waals surface area contributed by atoms with Gasteiger partial charge < -0.3 is 15.4 Å². The molecule has 3 N–H and O–H groups in total. The summed E-state index contributed by atoms with van der Waals surface area (Å²) in [6.45, 7) is 16.9. The summed E-state index contributed by atoms with van der Waals surface area (Å²) in [5.41, 5.74) is 5.65. The van der Waals surface area contributed by atoms with Crippen LogP contribution in [0, 0.1) is 24.0 Å². The Morgan fingerprint density at radius 3 is 1.38 bits per heavy atom. The first-order valence-electron chi connectivity index (χ1n) is 13.1. The molecular weight excluding hydrogens is 541 g/mol. The van der Waals surface area contributed by atoms with Crippen LogP contribution in [0.1, 0.15) is 101 Å². The predicted octanol–water partition coefficient (Wildman–Crippen LogP) is 6.81. The molecule has 0 saturated heterocycles. The van der Waals surface area contributed by atoms with Gasteiger partial charge in [0.1, 0.15) is 11.5 Å². The van der Waals surface area contributed by atoms with Crippen molar-refractivity contribution in [3.8, 4) is 11.5 Å². The van der Waals surface area contributed by atoms with Gasteiger partial charge in [-0.05, 0) is 71.9 Å². The molecule has 3 rings (SSSR count). The van der Waals surface area contributed by atoms with Crippen molar-refractivity contribution in [2.75, 3.05) is 0 Å². The number of phenolic OH excluding ortho intramolecular Hbond substituents is 2. The second-order valence-corrected chi connectivity index (χ2v) is 12.2. The fourth-order valence-corrected chi connectivity index (χ4v) is 4.47. The molecule has 0 amide bonds. The van der Waals surface area contributed by atoms with E-state index < -0.39 is 5.09 Å². The smallest absolute Gasteiger partial charge is 0.291 e. The van der Waals surface area contributed by atoms with Gasteiger partial charge in [-0.1, -0.05) is 66.5 Å². The summed E-state index contributed by atoms with van der Waals surface area (Å²) in [4.78, 5) is 18.2. The zero-order valence-electron chi connectivity index (χ0n) is 24.3. The van der Waals surface area contributed by atoms with Crippen LogP contribution in [0.15, 0.2) is 34.3 Å². The number of aromatic hydroxyl groups is 2. The molecule has 2 aromatic rings. The summed E-state index contributed by atoms with van der Waals surface area (Å²) in [6, 6.07) is 8.34. The number of phenols is 2. The predicted molar refractivity (Wildman–Crippen MR) is 153 cm³/mol. The second kappa shape index (κ2) is 13.9. The van der Waals surface area contributed by atoms with E-state index in [-0.39, 0.29) is 39.7 Å². The minimum absolute atomic E-state index is 0. The van der Waals surface area contributed by atoms with Crippen molar-refractivity contribution in [2.45, 2.75) is 104 Å². The van der Waals surface area contributed by atoms with Gasteiger partial charge in [-0.2, -0.15) is 0 Å². The number of hydrogen-bond donors (Lipinski definition) is 3. The van der Waals surface area contributed by atoms with Crippen LogP contribution in [0.3, 0.4) is 0 Å². The maximum Gasteiger partial charge on any atom is 0.291 e. The van der Waals surface area contributed by atoms with Crippen LogP contribution >= 0.6 is 0 Å². The molecule has 0 spiro atoms. The van der Waals surface area contributed by atoms with Crippen molar-refractivity contribution in [1.82, 2.24) is 0 Å². The van der Waals surface area contributed by atoms with Crippen molar-refractivity contribution < 1.29 is 37.3 Å². The van der Waals surface area contributed by atoms with Gasteiger partial charge in [-0.15, -0.1) is 10.1 Å². The van der Waals surface area contributed by atoms with E-state index in [0.717, 1.165) is 47.9 Å². The Balaban J connectivity index is 0.00000142. The zero-order valence-corrected chi connectivity index (χ0v) is 25.3. The van der Waals surface area contributed by atoms with Crippen LogP contribution in [0.2, 0.25) is 0 Å². The number of benzene rings is 2. The first-order chi connectivity index (χ1) is 17.5. The monoisotopic (exact) mass is 584 g/mol. The summed E-state index contributed by atoms with van der Waals surface area (Å²) >= 11 is 0. The van der Waals surface area contributed by atoms with Crippen molar-refractivity contribution in [2.24, 2.45) is 9.98 Å². The van der Waals surface area contributed by atoms with E-state index in [9.17, 15) is 10.2 Å². The zero-order chi connectivity index (χ0) is 28.8. The molecule has 0 bridgehead atoms. The SMILES string of the molecule is Cc1cc(C(C)(C)C)cc(C=N[C@H]2CCCC[C@@H]2N=Cc2cc(C(C)(C)C)cc(C)c2O)c1O.O=[N+]([O-])O.[Co]. The van der Waals surface area contributed by atoms with Crippen LogP contribution in [-0.4, -0.2) is 45.0 Å². The van der Waals surface area contributed by atoms with E-state index in [1.807, 2.05) is 38.4 Å². The Hall–Kier alpha value is -2.91. The molecule has 1 saturated carbocycles. The molecular formula is C30H43CoN3O5. The topological polar surface area (TPSA) is 129 Å². The quantitative estimate of drug-likeness (QED) is 0.207. The Morgan fingerprint density at radius 1 is 0.795 bits per heavy atom. The minimum atomic E-state index is -1.50. The van der Waals surface area contributed by atoms with Crippen LogP contribution in [0.25, 0.3) is 0 Å². The number of hydrogen-bond acceptors (Lipinski definition) is 6. The molecule has 217 valence electrons. The Labute approximate surface area is 242 Å². The van der Waals surface area contributed by atoms with Gasteiger partial charge in [0.25, 0.3) is 5.09 Å². The first-order valence-corrected chi connectivity index (χ1v) is 13.1. The van der Waals surface area contributed by atoms with E-state index >= 15 is 0 Å². The maximum atomic E-state index is 10.6. The van der Waals surface area contributed by atoms with Gasteiger partial charge in [0.15, 0.2) is 0 Å². The molecule has 0 heterocycles. The third-order valence-corrected chi connectivity index (χ3v) is 6.90. The molecule has 1 aliphatic rings. The molecule has 0 aliphatic heterocycles. The Bertz CT molecular complexity index is 1110. The largest absolute Gasteiger partial charge is 0.507 e. The van der Waals surface area contributed by atoms with E-state index in [2.05, 4.69) is 53.7 Å². The van der Waals surface area contributed by atoms with E-state index in [1.54, 1.807) is 0 Å². The number of aryl methyl sites for hydroxylation is 2. The average Bonchev–Trinajstić information content (AvgIpc) is 2.79. The second-order valence-electron chi connectivity index (χ2n) is 12.2. The Kier molecular flexibility index (Phi) is 12.2. The van der Waals surface area contributed by atoms with Gasteiger partial charge in [-0.3, -0.25) is 9.98 Å². The van der Waals surface area contributed by atoms with Crippen LogP contribution in [-0.2, 0) is 27.6 Å². The third-order valence-electron chi connectivity index (χ3n) is 6.90. The normalized spacial score (nSPS) is 17.9.